The molecule has 37 heavy (non-hydrogen) atoms. The van der Waals surface area contributed by atoms with Crippen LogP contribution in [0.3, 0.4) is 0 Å². The van der Waals surface area contributed by atoms with Gasteiger partial charge in [-0.05, 0) is 42.2 Å². The van der Waals surface area contributed by atoms with Gasteiger partial charge in [0, 0.05) is 40.7 Å². The van der Waals surface area contributed by atoms with Gasteiger partial charge in [0.15, 0.2) is 0 Å². The summed E-state index contributed by atoms with van der Waals surface area (Å²) in [4.78, 5) is 15.3. The molecule has 0 aromatic heterocycles. The smallest absolute Gasteiger partial charge is 0.322 e. The average Bonchev–Trinajstić information content (AvgIpc) is 3.17. The number of hydrogen-bond donors (Lipinski definition) is 4. The summed E-state index contributed by atoms with van der Waals surface area (Å²) in [6.07, 6.45) is 6.39. The first-order valence-corrected chi connectivity index (χ1v) is 13.6. The normalized spacial score (nSPS) is 14.8. The van der Waals surface area contributed by atoms with Crippen molar-refractivity contribution in [2.24, 2.45) is 5.73 Å². The third-order valence-electron chi connectivity index (χ3n) is 6.67. The van der Waals surface area contributed by atoms with Crippen LogP contribution in [0.4, 0.5) is 16.2 Å². The Hall–Kier alpha value is -3.69. The molecule has 5 N–H and O–H groups in total. The van der Waals surface area contributed by atoms with Gasteiger partial charge < -0.3 is 20.3 Å². The molecule has 1 aliphatic rings. The van der Waals surface area contributed by atoms with Gasteiger partial charge in [-0.1, -0.05) is 80.3 Å². The van der Waals surface area contributed by atoms with Crippen LogP contribution in [-0.2, 0) is 17.8 Å². The van der Waals surface area contributed by atoms with Gasteiger partial charge in [-0.15, -0.1) is 0 Å². The summed E-state index contributed by atoms with van der Waals surface area (Å²) in [5.41, 5.74) is 10.1. The van der Waals surface area contributed by atoms with Crippen LogP contribution in [0.15, 0.2) is 72.8 Å². The molecule has 9 heteroatoms. The molecular formula is C28H32N5O3S-. The molecule has 1 saturated carbocycles. The van der Waals surface area contributed by atoms with Gasteiger partial charge in [-0.2, -0.15) is 0 Å². The van der Waals surface area contributed by atoms with Gasteiger partial charge >= 0.3 is 6.03 Å². The molecule has 1 unspecified atom stereocenters. The minimum Gasteiger partial charge on any atom is -0.755 e. The summed E-state index contributed by atoms with van der Waals surface area (Å²) >= 11 is -2.41. The van der Waals surface area contributed by atoms with Crippen molar-refractivity contribution in [3.05, 3.63) is 83.9 Å². The number of amidine groups is 1. The highest BCUT2D eigenvalue weighted by Crippen LogP contribution is 2.29. The number of rotatable bonds is 8. The minimum atomic E-state index is -2.41. The van der Waals surface area contributed by atoms with Gasteiger partial charge in [-0.25, -0.2) is 4.79 Å². The van der Waals surface area contributed by atoms with Crippen LogP contribution in [0.1, 0.15) is 49.7 Å². The lowest BCUT2D eigenvalue weighted by Gasteiger charge is -2.32. The number of nitrogen functional groups attached to an aromatic ring is 1. The first-order valence-electron chi connectivity index (χ1n) is 12.5. The fourth-order valence-electron chi connectivity index (χ4n) is 4.81. The second-order valence-corrected chi connectivity index (χ2v) is 9.89. The molecule has 194 valence electrons. The lowest BCUT2D eigenvalue weighted by Crippen LogP contribution is -2.46. The van der Waals surface area contributed by atoms with Crippen molar-refractivity contribution in [2.75, 3.05) is 9.62 Å². The van der Waals surface area contributed by atoms with Crippen molar-refractivity contribution in [1.29, 1.82) is 5.41 Å². The molecule has 2 amide bonds. The fraction of sp³-hybridized carbons (Fsp3) is 0.286. The van der Waals surface area contributed by atoms with Gasteiger partial charge in [0.2, 0.25) is 0 Å². The Labute approximate surface area is 220 Å². The molecule has 0 bridgehead atoms. The molecule has 8 nitrogen and oxygen atoms in total. The highest BCUT2D eigenvalue weighted by Gasteiger charge is 2.26. The highest BCUT2D eigenvalue weighted by atomic mass is 32.2. The molecule has 1 fully saturated rings. The van der Waals surface area contributed by atoms with Gasteiger partial charge in [-0.3, -0.25) is 14.5 Å². The molecule has 0 saturated heterocycles. The van der Waals surface area contributed by atoms with Crippen molar-refractivity contribution in [2.45, 2.75) is 51.1 Å². The number of nitrogens with two attached hydrogens (primary N) is 1. The number of amides is 2. The molecule has 0 heterocycles. The largest absolute Gasteiger partial charge is 0.755 e. The lowest BCUT2D eigenvalue weighted by atomic mass is 10.0. The van der Waals surface area contributed by atoms with E-state index in [1.165, 1.54) is 12.8 Å². The number of hydrogen-bond acceptors (Lipinski definition) is 4. The van der Waals surface area contributed by atoms with Crippen molar-refractivity contribution in [3.8, 4) is 11.1 Å². The molecular weight excluding hydrogens is 486 g/mol. The monoisotopic (exact) mass is 518 g/mol. The molecule has 3 aromatic carbocycles. The zero-order valence-electron chi connectivity index (χ0n) is 20.6. The van der Waals surface area contributed by atoms with Gasteiger partial charge in [0.25, 0.3) is 0 Å². The number of carbonyl (C=O) groups is 1. The van der Waals surface area contributed by atoms with Crippen molar-refractivity contribution >= 4 is 34.5 Å². The molecule has 1 aliphatic carbocycles. The Bertz CT molecular complexity index is 1260. The van der Waals surface area contributed by atoms with Crippen LogP contribution >= 0.6 is 0 Å². The van der Waals surface area contributed by atoms with E-state index >= 15 is 0 Å². The fourth-order valence-corrected chi connectivity index (χ4v) is 5.17. The van der Waals surface area contributed by atoms with E-state index in [2.05, 4.69) is 10.0 Å². The van der Waals surface area contributed by atoms with Crippen LogP contribution in [0.25, 0.3) is 11.1 Å². The second kappa shape index (κ2) is 12.5. The zero-order chi connectivity index (χ0) is 26.2. The van der Waals surface area contributed by atoms with Crippen LogP contribution in [0, 0.1) is 5.41 Å². The van der Waals surface area contributed by atoms with E-state index in [0.717, 1.165) is 48.1 Å². The Morgan fingerprint density at radius 3 is 2.38 bits per heavy atom. The molecule has 4 rings (SSSR count). The third-order valence-corrected chi connectivity index (χ3v) is 7.06. The first kappa shape index (κ1) is 26.4. The van der Waals surface area contributed by atoms with Crippen LogP contribution in [-0.4, -0.2) is 26.7 Å². The molecule has 0 spiro atoms. The van der Waals surface area contributed by atoms with E-state index < -0.39 is 11.3 Å². The molecule has 1 atom stereocenters. The quantitative estimate of drug-likeness (QED) is 0.140. The SMILES string of the molecule is N=C(N)c1cccc(N(C(=O)NCc2ccc(-c3ccccc3NS(=O)[O-])cc2)C2CCCCCC2)c1. The van der Waals surface area contributed by atoms with E-state index in [9.17, 15) is 13.6 Å². The van der Waals surface area contributed by atoms with Gasteiger partial charge in [0.05, 0.1) is 5.69 Å². The number of carbonyl (C=O) groups excluding carboxylic acids is 1. The Balaban J connectivity index is 1.50. The maximum atomic E-state index is 13.5. The van der Waals surface area contributed by atoms with Crippen LogP contribution in [0.2, 0.25) is 0 Å². The van der Waals surface area contributed by atoms with Crippen molar-refractivity contribution in [3.63, 3.8) is 0 Å². The van der Waals surface area contributed by atoms with Crippen LogP contribution < -0.4 is 20.7 Å². The van der Waals surface area contributed by atoms with Crippen LogP contribution in [0.5, 0.6) is 0 Å². The summed E-state index contributed by atoms with van der Waals surface area (Å²) < 4.78 is 24.7. The maximum Gasteiger partial charge on any atom is 0.322 e. The summed E-state index contributed by atoms with van der Waals surface area (Å²) in [6, 6.07) is 22.1. The standard InChI is InChI=1S/C28H33N5O3S/c29-27(30)22-8-7-11-24(18-22)33(23-9-3-1-2-4-10-23)28(34)31-19-20-14-16-21(17-15-20)25-12-5-6-13-26(25)32-37(35)36/h5-8,11-18,23,32H,1-4,9-10,19H2,(H3,29,30)(H,31,34)(H,35,36)/p-1. The van der Waals surface area contributed by atoms with Gasteiger partial charge in [0.1, 0.15) is 5.84 Å². The third kappa shape index (κ3) is 6.96. The zero-order valence-corrected chi connectivity index (χ0v) is 21.4. The molecule has 3 aromatic rings. The van der Waals surface area contributed by atoms with E-state index in [-0.39, 0.29) is 17.9 Å². The Morgan fingerprint density at radius 2 is 1.70 bits per heavy atom. The van der Waals surface area contributed by atoms with E-state index in [0.29, 0.717) is 17.8 Å². The predicted octanol–water partition coefficient (Wildman–Crippen LogP) is 5.28. The Morgan fingerprint density at radius 1 is 1.00 bits per heavy atom. The Kier molecular flexibility index (Phi) is 8.92. The van der Waals surface area contributed by atoms with E-state index in [1.807, 2.05) is 59.5 Å². The highest BCUT2D eigenvalue weighted by molar-refractivity contribution is 7.80. The minimum absolute atomic E-state index is 0.0265. The first-order chi connectivity index (χ1) is 17.9. The molecule has 0 radical (unpaired) electrons. The number of nitrogens with one attached hydrogen (secondary N) is 3. The number of benzene rings is 3. The lowest BCUT2D eigenvalue weighted by molar-refractivity contribution is 0.242. The molecule has 0 aliphatic heterocycles. The summed E-state index contributed by atoms with van der Waals surface area (Å²) in [6.45, 7) is 0.346. The number of urea groups is 1. The number of para-hydroxylation sites is 1. The summed E-state index contributed by atoms with van der Waals surface area (Å²) in [7, 11) is 0. The topological polar surface area (TPSA) is 134 Å². The predicted molar refractivity (Wildman–Crippen MR) is 148 cm³/mol. The summed E-state index contributed by atoms with van der Waals surface area (Å²) in [5, 5.41) is 10.9. The van der Waals surface area contributed by atoms with E-state index in [4.69, 9.17) is 11.1 Å². The van der Waals surface area contributed by atoms with Crippen molar-refractivity contribution in [1.82, 2.24) is 5.32 Å². The maximum absolute atomic E-state index is 13.5. The number of anilines is 2. The average molecular weight is 519 g/mol. The van der Waals surface area contributed by atoms with Crippen molar-refractivity contribution < 1.29 is 13.6 Å². The number of nitrogens with zero attached hydrogens (tertiary/aromatic N) is 1. The summed E-state index contributed by atoms with van der Waals surface area (Å²) in [5.74, 6) is -0.0265. The second-order valence-electron chi connectivity index (χ2n) is 9.22. The van der Waals surface area contributed by atoms with E-state index in [1.54, 1.807) is 18.2 Å².